The first kappa shape index (κ1) is 75.2. The maximum Gasteiger partial charge on any atom is 0.306 e. The minimum absolute atomic E-state index is 0.124. The van der Waals surface area contributed by atoms with Gasteiger partial charge in [0.15, 0.2) is 6.10 Å². The Bertz CT molecular complexity index is 1950. The van der Waals surface area contributed by atoms with Crippen molar-refractivity contribution in [1.29, 1.82) is 0 Å². The average molecular weight is 1110 g/mol. The van der Waals surface area contributed by atoms with Gasteiger partial charge in [0.2, 0.25) is 0 Å². The van der Waals surface area contributed by atoms with Crippen LogP contribution in [0, 0.1) is 0 Å². The minimum atomic E-state index is -0.836. The maximum absolute atomic E-state index is 12.9. The first-order valence-corrected chi connectivity index (χ1v) is 31.9. The Morgan fingerprint density at radius 1 is 0.247 bits per heavy atom. The zero-order valence-electron chi connectivity index (χ0n) is 51.5. The molecule has 6 heteroatoms. The summed E-state index contributed by atoms with van der Waals surface area (Å²) in [6.07, 6.45) is 101. The van der Waals surface area contributed by atoms with Gasteiger partial charge in [0.05, 0.1) is 0 Å². The van der Waals surface area contributed by atoms with Crippen molar-refractivity contribution in [1.82, 2.24) is 0 Å². The Morgan fingerprint density at radius 2 is 0.444 bits per heavy atom. The first-order chi connectivity index (χ1) is 40.0. The summed E-state index contributed by atoms with van der Waals surface area (Å²) < 4.78 is 16.8. The van der Waals surface area contributed by atoms with Gasteiger partial charge in [-0.25, -0.2) is 0 Å². The van der Waals surface area contributed by atoms with Crippen molar-refractivity contribution in [2.24, 2.45) is 0 Å². The Hall–Kier alpha value is -5.75. The molecule has 0 aromatic carbocycles. The lowest BCUT2D eigenvalue weighted by Gasteiger charge is -2.18. The summed E-state index contributed by atoms with van der Waals surface area (Å²) in [7, 11) is 0. The van der Waals surface area contributed by atoms with Crippen LogP contribution in [0.15, 0.2) is 194 Å². The summed E-state index contributed by atoms with van der Waals surface area (Å²) >= 11 is 0. The summed E-state index contributed by atoms with van der Waals surface area (Å²) in [4.78, 5) is 38.3. The SMILES string of the molecule is CC/C=C\C/C=C\C/C=C\C/C=C\C/C=C\C/C=C\CCCCCCCCCCC(=O)OCC(COC(=O)CCCC/C=C\C/C=C\C/C=C\C/C=C\CC)OC(=O)CCCC/C=C\C/C=C\C/C=C\C/C=C\C/C=C\C/C=C\CC. The summed E-state index contributed by atoms with van der Waals surface area (Å²) in [5.74, 6) is -1.03. The zero-order valence-corrected chi connectivity index (χ0v) is 51.5. The zero-order chi connectivity index (χ0) is 58.5. The van der Waals surface area contributed by atoms with Crippen molar-refractivity contribution in [2.45, 2.75) is 245 Å². The summed E-state index contributed by atoms with van der Waals surface area (Å²) in [5, 5.41) is 0. The minimum Gasteiger partial charge on any atom is -0.462 e. The van der Waals surface area contributed by atoms with Crippen molar-refractivity contribution >= 4 is 17.9 Å². The molecule has 0 amide bonds. The largest absolute Gasteiger partial charge is 0.462 e. The fourth-order valence-electron chi connectivity index (χ4n) is 7.91. The van der Waals surface area contributed by atoms with Crippen LogP contribution in [0.1, 0.15) is 239 Å². The molecule has 0 heterocycles. The predicted octanol–water partition coefficient (Wildman–Crippen LogP) is 22.2. The number of esters is 3. The highest BCUT2D eigenvalue weighted by Crippen LogP contribution is 2.13. The predicted molar refractivity (Wildman–Crippen MR) is 352 cm³/mol. The van der Waals surface area contributed by atoms with Crippen LogP contribution in [-0.2, 0) is 28.6 Å². The number of unbranched alkanes of at least 4 members (excludes halogenated alkanes) is 12. The lowest BCUT2D eigenvalue weighted by Crippen LogP contribution is -2.30. The monoisotopic (exact) mass is 1110 g/mol. The van der Waals surface area contributed by atoms with Crippen LogP contribution in [0.3, 0.4) is 0 Å². The lowest BCUT2D eigenvalue weighted by atomic mass is 10.1. The second-order valence-electron chi connectivity index (χ2n) is 20.2. The molecule has 1 atom stereocenters. The Balaban J connectivity index is 4.52. The van der Waals surface area contributed by atoms with Crippen molar-refractivity contribution in [3.8, 4) is 0 Å². The topological polar surface area (TPSA) is 78.9 Å². The van der Waals surface area contributed by atoms with Crippen molar-refractivity contribution < 1.29 is 28.6 Å². The van der Waals surface area contributed by atoms with Gasteiger partial charge in [0.1, 0.15) is 13.2 Å². The van der Waals surface area contributed by atoms with Gasteiger partial charge in [0.25, 0.3) is 0 Å². The van der Waals surface area contributed by atoms with E-state index in [1.165, 1.54) is 32.1 Å². The van der Waals surface area contributed by atoms with E-state index in [0.29, 0.717) is 19.3 Å². The standard InChI is InChI=1S/C75H114O6/c1-4-7-10-13-16-19-22-25-28-30-32-34-35-36-37-38-39-41-42-44-47-50-53-56-59-62-65-68-74(77)80-71-72(70-79-73(76)67-64-61-58-55-52-49-46-27-24-21-18-15-12-9-6-3)81-75(78)69-66-63-60-57-54-51-48-45-43-40-33-31-29-26-23-20-17-14-11-8-5-2/h7-12,16-21,25-29,32-34,36-37,39-41,45-46,48,52,54-55,57,72H,4-6,13-15,22-24,30-31,35,38,42-44,47,49-51,53,56,58-71H2,1-3H3/b10-7-,11-8-,12-9-,19-16-,20-17-,21-18-,28-25-,29-26-,34-32-,37-36-,40-33-,41-39-,46-27-,48-45-,55-52-,57-54-. The van der Waals surface area contributed by atoms with Crippen LogP contribution in [0.2, 0.25) is 0 Å². The third-order valence-electron chi connectivity index (χ3n) is 12.6. The molecular weight excluding hydrogens is 997 g/mol. The highest BCUT2D eigenvalue weighted by molar-refractivity contribution is 5.71. The number of carbonyl (C=O) groups is 3. The second kappa shape index (κ2) is 66.8. The first-order valence-electron chi connectivity index (χ1n) is 31.9. The number of ether oxygens (including phenoxy) is 3. The number of rotatable bonds is 55. The number of hydrogen-bond acceptors (Lipinski definition) is 6. The molecule has 450 valence electrons. The molecule has 0 rings (SSSR count). The number of carbonyl (C=O) groups excluding carboxylic acids is 3. The molecule has 0 aliphatic carbocycles. The van der Waals surface area contributed by atoms with Gasteiger partial charge in [-0.15, -0.1) is 0 Å². The Kier molecular flexibility index (Phi) is 62.0. The molecular formula is C75H114O6. The molecule has 0 fully saturated rings. The lowest BCUT2D eigenvalue weighted by molar-refractivity contribution is -0.167. The van der Waals surface area contributed by atoms with E-state index < -0.39 is 6.10 Å². The van der Waals surface area contributed by atoms with Crippen LogP contribution in [0.4, 0.5) is 0 Å². The van der Waals surface area contributed by atoms with Crippen molar-refractivity contribution in [2.75, 3.05) is 13.2 Å². The molecule has 0 aliphatic rings. The summed E-state index contributed by atoms with van der Waals surface area (Å²) in [6.45, 7) is 6.20. The highest BCUT2D eigenvalue weighted by Gasteiger charge is 2.19. The molecule has 0 spiro atoms. The summed E-state index contributed by atoms with van der Waals surface area (Å²) in [6, 6.07) is 0. The van der Waals surface area contributed by atoms with E-state index in [4.69, 9.17) is 14.2 Å². The van der Waals surface area contributed by atoms with Crippen molar-refractivity contribution in [3.05, 3.63) is 194 Å². The van der Waals surface area contributed by atoms with Crippen LogP contribution >= 0.6 is 0 Å². The second-order valence-corrected chi connectivity index (χ2v) is 20.2. The highest BCUT2D eigenvalue weighted by atomic mass is 16.6. The fourth-order valence-corrected chi connectivity index (χ4v) is 7.91. The van der Waals surface area contributed by atoms with Gasteiger partial charge >= 0.3 is 17.9 Å². The van der Waals surface area contributed by atoms with Gasteiger partial charge in [-0.1, -0.05) is 254 Å². The van der Waals surface area contributed by atoms with Gasteiger partial charge in [0, 0.05) is 19.3 Å². The number of allylic oxidation sites excluding steroid dienone is 32. The maximum atomic E-state index is 12.9. The van der Waals surface area contributed by atoms with Gasteiger partial charge < -0.3 is 14.2 Å². The van der Waals surface area contributed by atoms with Crippen LogP contribution in [0.25, 0.3) is 0 Å². The van der Waals surface area contributed by atoms with Gasteiger partial charge in [-0.05, 0) is 161 Å². The normalized spacial score (nSPS) is 13.5. The van der Waals surface area contributed by atoms with Crippen LogP contribution in [0.5, 0.6) is 0 Å². The van der Waals surface area contributed by atoms with Gasteiger partial charge in [-0.2, -0.15) is 0 Å². The van der Waals surface area contributed by atoms with E-state index in [1.807, 2.05) is 0 Å². The van der Waals surface area contributed by atoms with Gasteiger partial charge in [-0.3, -0.25) is 14.4 Å². The van der Waals surface area contributed by atoms with E-state index in [9.17, 15) is 14.4 Å². The average Bonchev–Trinajstić information content (AvgIpc) is 3.47. The molecule has 1 unspecified atom stereocenters. The molecule has 0 N–H and O–H groups in total. The fraction of sp³-hybridized carbons (Fsp3) is 0.533. The van der Waals surface area contributed by atoms with E-state index in [0.717, 1.165) is 154 Å². The molecule has 81 heavy (non-hydrogen) atoms. The Labute approximate surface area is 497 Å². The number of hydrogen-bond donors (Lipinski definition) is 0. The van der Waals surface area contributed by atoms with E-state index in [2.05, 4.69) is 215 Å². The van der Waals surface area contributed by atoms with E-state index >= 15 is 0 Å². The molecule has 0 saturated carbocycles. The van der Waals surface area contributed by atoms with Crippen LogP contribution in [-0.4, -0.2) is 37.2 Å². The van der Waals surface area contributed by atoms with E-state index in [1.54, 1.807) is 0 Å². The molecule has 6 nitrogen and oxygen atoms in total. The molecule has 0 aromatic rings. The molecule has 0 radical (unpaired) electrons. The molecule has 0 aromatic heterocycles. The molecule has 0 bridgehead atoms. The third-order valence-corrected chi connectivity index (χ3v) is 12.6. The third kappa shape index (κ3) is 64.9. The van der Waals surface area contributed by atoms with Crippen molar-refractivity contribution in [3.63, 3.8) is 0 Å². The smallest absolute Gasteiger partial charge is 0.306 e. The quantitative estimate of drug-likeness (QED) is 0.0261. The molecule has 0 saturated heterocycles. The Morgan fingerprint density at radius 3 is 0.716 bits per heavy atom. The summed E-state index contributed by atoms with van der Waals surface area (Å²) in [5.41, 5.74) is 0. The van der Waals surface area contributed by atoms with Crippen LogP contribution < -0.4 is 0 Å². The molecule has 0 aliphatic heterocycles. The van der Waals surface area contributed by atoms with E-state index in [-0.39, 0.29) is 44.0 Å².